The van der Waals surface area contributed by atoms with Crippen molar-refractivity contribution in [2.45, 2.75) is 19.5 Å². The molecule has 1 aliphatic rings. The molecule has 0 saturated heterocycles. The van der Waals surface area contributed by atoms with Crippen LogP contribution in [0.1, 0.15) is 16.8 Å². The molecule has 0 aliphatic carbocycles. The summed E-state index contributed by atoms with van der Waals surface area (Å²) in [5.41, 5.74) is 3.82. The molecule has 0 atom stereocenters. The summed E-state index contributed by atoms with van der Waals surface area (Å²) in [5, 5.41) is 7.71. The molecule has 23 heavy (non-hydrogen) atoms. The lowest BCUT2D eigenvalue weighted by atomic mass is 10.1. The van der Waals surface area contributed by atoms with E-state index < -0.39 is 0 Å². The highest BCUT2D eigenvalue weighted by molar-refractivity contribution is 5.43. The number of benzene rings is 1. The van der Waals surface area contributed by atoms with E-state index in [1.165, 1.54) is 0 Å². The second-order valence-corrected chi connectivity index (χ2v) is 5.69. The van der Waals surface area contributed by atoms with E-state index in [1.54, 1.807) is 17.9 Å². The molecule has 0 saturated carbocycles. The van der Waals surface area contributed by atoms with E-state index in [4.69, 9.17) is 4.74 Å². The number of hydrogen-bond acceptors (Lipinski definition) is 4. The van der Waals surface area contributed by atoms with Crippen LogP contribution in [0, 0.1) is 0 Å². The van der Waals surface area contributed by atoms with Gasteiger partial charge in [-0.2, -0.15) is 5.10 Å². The first-order valence-electron chi connectivity index (χ1n) is 7.70. The maximum atomic E-state index is 12.9. The fourth-order valence-corrected chi connectivity index (χ4v) is 3.15. The summed E-state index contributed by atoms with van der Waals surface area (Å²) in [5.74, 6) is 0.812. The molecule has 1 N–H and O–H groups in total. The van der Waals surface area contributed by atoms with Gasteiger partial charge in [0.15, 0.2) is 0 Å². The van der Waals surface area contributed by atoms with Gasteiger partial charge in [0.1, 0.15) is 11.4 Å². The average Bonchev–Trinajstić information content (AvgIpc) is 3.09. The quantitative estimate of drug-likeness (QED) is 0.790. The van der Waals surface area contributed by atoms with Gasteiger partial charge in [-0.3, -0.25) is 9.36 Å². The van der Waals surface area contributed by atoms with Gasteiger partial charge in [0, 0.05) is 18.2 Å². The minimum atomic E-state index is 0.0883. The molecule has 3 aromatic rings. The monoisotopic (exact) mass is 310 g/mol. The number of nitrogens with zero attached hydrogens (tertiary/aromatic N) is 3. The lowest BCUT2D eigenvalue weighted by Gasteiger charge is -2.20. The third-order valence-corrected chi connectivity index (χ3v) is 4.35. The zero-order chi connectivity index (χ0) is 15.8. The van der Waals surface area contributed by atoms with Crippen LogP contribution in [-0.2, 0) is 19.5 Å². The second kappa shape index (κ2) is 5.55. The first-order chi connectivity index (χ1) is 11.3. The SMILES string of the molecule is COc1ccc(Cn2c(=O)c3c(n4nccc24)CNCC3)cc1. The van der Waals surface area contributed by atoms with Gasteiger partial charge in [0.2, 0.25) is 0 Å². The fraction of sp³-hybridized carbons (Fsp3) is 0.294. The fourth-order valence-electron chi connectivity index (χ4n) is 3.15. The molecule has 6 heteroatoms. The van der Waals surface area contributed by atoms with E-state index >= 15 is 0 Å². The molecule has 2 aromatic heterocycles. The molecular formula is C17H18N4O2. The highest BCUT2D eigenvalue weighted by Crippen LogP contribution is 2.16. The second-order valence-electron chi connectivity index (χ2n) is 5.69. The zero-order valence-corrected chi connectivity index (χ0v) is 13.0. The lowest BCUT2D eigenvalue weighted by Crippen LogP contribution is -2.36. The molecule has 3 heterocycles. The number of hydrogen-bond donors (Lipinski definition) is 1. The van der Waals surface area contributed by atoms with Crippen molar-refractivity contribution in [3.63, 3.8) is 0 Å². The van der Waals surface area contributed by atoms with E-state index in [0.717, 1.165) is 41.2 Å². The van der Waals surface area contributed by atoms with Crippen LogP contribution in [-0.4, -0.2) is 27.8 Å². The van der Waals surface area contributed by atoms with Crippen LogP contribution in [0.3, 0.4) is 0 Å². The van der Waals surface area contributed by atoms with Crippen molar-refractivity contribution in [3.8, 4) is 5.75 Å². The number of fused-ring (bicyclic) bond motifs is 3. The summed E-state index contributed by atoms with van der Waals surface area (Å²) in [6, 6.07) is 9.69. The molecule has 0 amide bonds. The maximum absolute atomic E-state index is 12.9. The summed E-state index contributed by atoms with van der Waals surface area (Å²) in [7, 11) is 1.65. The number of methoxy groups -OCH3 is 1. The molecule has 0 radical (unpaired) electrons. The van der Waals surface area contributed by atoms with Gasteiger partial charge in [-0.25, -0.2) is 4.52 Å². The van der Waals surface area contributed by atoms with Crippen LogP contribution < -0.4 is 15.6 Å². The van der Waals surface area contributed by atoms with Crippen molar-refractivity contribution < 1.29 is 4.74 Å². The Hall–Kier alpha value is -2.60. The average molecular weight is 310 g/mol. The van der Waals surface area contributed by atoms with Gasteiger partial charge in [0.05, 0.1) is 25.5 Å². The predicted octanol–water partition coefficient (Wildman–Crippen LogP) is 1.20. The number of nitrogens with one attached hydrogen (secondary N) is 1. The Morgan fingerprint density at radius 2 is 2.09 bits per heavy atom. The van der Waals surface area contributed by atoms with Crippen LogP contribution in [0.2, 0.25) is 0 Å². The molecule has 0 unspecified atom stereocenters. The third-order valence-electron chi connectivity index (χ3n) is 4.35. The first kappa shape index (κ1) is 14.0. The standard InChI is InChI=1S/C17H18N4O2/c1-23-13-4-2-12(3-5-13)11-20-16-7-9-19-21(16)15-10-18-8-6-14(15)17(20)22/h2-5,7,9,18H,6,8,10-11H2,1H3. The summed E-state index contributed by atoms with van der Waals surface area (Å²) >= 11 is 0. The third kappa shape index (κ3) is 2.31. The Kier molecular flexibility index (Phi) is 3.38. The van der Waals surface area contributed by atoms with Crippen LogP contribution in [0.4, 0.5) is 0 Å². The lowest BCUT2D eigenvalue weighted by molar-refractivity contribution is 0.414. The smallest absolute Gasteiger partial charge is 0.257 e. The Morgan fingerprint density at radius 1 is 1.26 bits per heavy atom. The summed E-state index contributed by atoms with van der Waals surface area (Å²) in [6.07, 6.45) is 2.49. The molecule has 4 rings (SSSR count). The van der Waals surface area contributed by atoms with Gasteiger partial charge in [-0.1, -0.05) is 12.1 Å². The largest absolute Gasteiger partial charge is 0.497 e. The van der Waals surface area contributed by atoms with Crippen LogP contribution in [0.15, 0.2) is 41.3 Å². The number of rotatable bonds is 3. The maximum Gasteiger partial charge on any atom is 0.257 e. The van der Waals surface area contributed by atoms with Crippen molar-refractivity contribution in [2.75, 3.05) is 13.7 Å². The normalized spacial score (nSPS) is 14.0. The summed E-state index contributed by atoms with van der Waals surface area (Å²) in [4.78, 5) is 12.9. The van der Waals surface area contributed by atoms with Crippen molar-refractivity contribution in [3.05, 3.63) is 63.7 Å². The molecule has 1 aliphatic heterocycles. The summed E-state index contributed by atoms with van der Waals surface area (Å²) < 4.78 is 8.87. The molecule has 118 valence electrons. The topological polar surface area (TPSA) is 60.6 Å². The zero-order valence-electron chi connectivity index (χ0n) is 13.0. The molecule has 0 bridgehead atoms. The molecule has 0 fully saturated rings. The van der Waals surface area contributed by atoms with Gasteiger partial charge in [-0.05, 0) is 30.7 Å². The number of aromatic nitrogens is 3. The first-order valence-corrected chi connectivity index (χ1v) is 7.70. The minimum Gasteiger partial charge on any atom is -0.497 e. The van der Waals surface area contributed by atoms with Gasteiger partial charge >= 0.3 is 0 Å². The van der Waals surface area contributed by atoms with Crippen molar-refractivity contribution >= 4 is 5.65 Å². The molecule has 6 nitrogen and oxygen atoms in total. The molecule has 0 spiro atoms. The molecule has 1 aromatic carbocycles. The summed E-state index contributed by atoms with van der Waals surface area (Å²) in [6.45, 7) is 2.04. The Bertz CT molecular complexity index is 909. The highest BCUT2D eigenvalue weighted by atomic mass is 16.5. The van der Waals surface area contributed by atoms with E-state index in [1.807, 2.05) is 34.8 Å². The van der Waals surface area contributed by atoms with Crippen LogP contribution >= 0.6 is 0 Å². The van der Waals surface area contributed by atoms with E-state index in [-0.39, 0.29) is 5.56 Å². The highest BCUT2D eigenvalue weighted by Gasteiger charge is 2.20. The molecular weight excluding hydrogens is 292 g/mol. The van der Waals surface area contributed by atoms with Crippen molar-refractivity contribution in [1.82, 2.24) is 19.5 Å². The van der Waals surface area contributed by atoms with E-state index in [0.29, 0.717) is 13.1 Å². The van der Waals surface area contributed by atoms with Crippen LogP contribution in [0.25, 0.3) is 5.65 Å². The Morgan fingerprint density at radius 3 is 2.87 bits per heavy atom. The van der Waals surface area contributed by atoms with Crippen molar-refractivity contribution in [1.29, 1.82) is 0 Å². The van der Waals surface area contributed by atoms with Crippen molar-refractivity contribution in [2.24, 2.45) is 0 Å². The van der Waals surface area contributed by atoms with E-state index in [9.17, 15) is 4.79 Å². The Balaban J connectivity index is 1.84. The van der Waals surface area contributed by atoms with Gasteiger partial charge < -0.3 is 10.1 Å². The predicted molar refractivity (Wildman–Crippen MR) is 87.0 cm³/mol. The van der Waals surface area contributed by atoms with Gasteiger partial charge in [-0.15, -0.1) is 0 Å². The Labute approximate surface area is 133 Å². The minimum absolute atomic E-state index is 0.0883. The number of ether oxygens (including phenoxy) is 1. The van der Waals surface area contributed by atoms with Gasteiger partial charge in [0.25, 0.3) is 5.56 Å². The van der Waals surface area contributed by atoms with Crippen LogP contribution in [0.5, 0.6) is 5.75 Å². The van der Waals surface area contributed by atoms with E-state index in [2.05, 4.69) is 10.4 Å².